The number of thiophene rings is 1. The lowest BCUT2D eigenvalue weighted by molar-refractivity contribution is 0.758. The molecule has 0 N–H and O–H groups in total. The van der Waals surface area contributed by atoms with Gasteiger partial charge in [0.05, 0.1) is 16.1 Å². The SMILES string of the molecule is Cc1nn(C)c(-c2nc3c4ccsc4ncn3n2)c1Cl. The highest BCUT2D eigenvalue weighted by Crippen LogP contribution is 2.29. The summed E-state index contributed by atoms with van der Waals surface area (Å²) in [5.41, 5.74) is 2.26. The van der Waals surface area contributed by atoms with Crippen molar-refractivity contribution in [2.45, 2.75) is 6.92 Å². The van der Waals surface area contributed by atoms with Crippen molar-refractivity contribution < 1.29 is 0 Å². The van der Waals surface area contributed by atoms with E-state index in [4.69, 9.17) is 11.6 Å². The smallest absolute Gasteiger partial charge is 0.202 e. The first-order valence-corrected chi connectivity index (χ1v) is 7.19. The summed E-state index contributed by atoms with van der Waals surface area (Å²) >= 11 is 7.87. The normalized spacial score (nSPS) is 11.8. The van der Waals surface area contributed by atoms with Crippen LogP contribution < -0.4 is 0 Å². The van der Waals surface area contributed by atoms with Crippen molar-refractivity contribution in [1.29, 1.82) is 0 Å². The highest BCUT2D eigenvalue weighted by atomic mass is 35.5. The third-order valence-corrected chi connectivity index (χ3v) is 4.44. The van der Waals surface area contributed by atoms with Gasteiger partial charge in [-0.1, -0.05) is 11.6 Å². The molecule has 6 nitrogen and oxygen atoms in total. The summed E-state index contributed by atoms with van der Waals surface area (Å²) in [5, 5.41) is 12.3. The van der Waals surface area contributed by atoms with Crippen LogP contribution in [0, 0.1) is 6.92 Å². The van der Waals surface area contributed by atoms with Crippen LogP contribution in [-0.2, 0) is 7.05 Å². The van der Waals surface area contributed by atoms with Crippen LogP contribution in [0.5, 0.6) is 0 Å². The molecule has 0 aliphatic rings. The first kappa shape index (κ1) is 11.8. The molecule has 0 fully saturated rings. The molecule has 4 aromatic rings. The summed E-state index contributed by atoms with van der Waals surface area (Å²) in [6.07, 6.45) is 1.67. The number of nitrogens with zero attached hydrogens (tertiary/aromatic N) is 6. The Hall–Kier alpha value is -1.99. The molecular formula is C12H9ClN6S. The predicted octanol–water partition coefficient (Wildman–Crippen LogP) is 2.70. The van der Waals surface area contributed by atoms with Gasteiger partial charge in [0.25, 0.3) is 0 Å². The van der Waals surface area contributed by atoms with Crippen molar-refractivity contribution in [3.05, 3.63) is 28.5 Å². The van der Waals surface area contributed by atoms with Crippen molar-refractivity contribution >= 4 is 38.8 Å². The molecule has 0 aliphatic carbocycles. The van der Waals surface area contributed by atoms with E-state index in [2.05, 4.69) is 20.2 Å². The number of fused-ring (bicyclic) bond motifs is 3. The van der Waals surface area contributed by atoms with E-state index in [-0.39, 0.29) is 0 Å². The van der Waals surface area contributed by atoms with Crippen LogP contribution in [0.15, 0.2) is 17.8 Å². The van der Waals surface area contributed by atoms with Crippen LogP contribution in [0.25, 0.3) is 27.4 Å². The molecule has 0 saturated heterocycles. The van der Waals surface area contributed by atoms with E-state index in [0.29, 0.717) is 10.8 Å². The van der Waals surface area contributed by atoms with Crippen LogP contribution in [0.2, 0.25) is 5.02 Å². The van der Waals surface area contributed by atoms with Crippen LogP contribution in [0.4, 0.5) is 0 Å². The van der Waals surface area contributed by atoms with Crippen molar-refractivity contribution in [2.24, 2.45) is 7.05 Å². The highest BCUT2D eigenvalue weighted by molar-refractivity contribution is 7.16. The molecule has 4 rings (SSSR count). The number of aromatic nitrogens is 6. The van der Waals surface area contributed by atoms with Crippen LogP contribution in [0.1, 0.15) is 5.69 Å². The van der Waals surface area contributed by atoms with Gasteiger partial charge in [0.15, 0.2) is 5.65 Å². The van der Waals surface area contributed by atoms with Crippen molar-refractivity contribution in [2.75, 3.05) is 0 Å². The van der Waals surface area contributed by atoms with E-state index in [0.717, 1.165) is 27.3 Å². The molecule has 20 heavy (non-hydrogen) atoms. The lowest BCUT2D eigenvalue weighted by Gasteiger charge is -1.95. The van der Waals surface area contributed by atoms with Crippen LogP contribution in [0.3, 0.4) is 0 Å². The summed E-state index contributed by atoms with van der Waals surface area (Å²) < 4.78 is 3.37. The Morgan fingerprint density at radius 2 is 2.15 bits per heavy atom. The molecule has 0 radical (unpaired) electrons. The van der Waals surface area contributed by atoms with Gasteiger partial charge in [-0.05, 0) is 18.4 Å². The van der Waals surface area contributed by atoms with Gasteiger partial charge in [0, 0.05) is 7.05 Å². The molecule has 0 bridgehead atoms. The summed E-state index contributed by atoms with van der Waals surface area (Å²) in [6, 6.07) is 2.00. The molecule has 0 aliphatic heterocycles. The van der Waals surface area contributed by atoms with Crippen molar-refractivity contribution in [3.8, 4) is 11.5 Å². The van der Waals surface area contributed by atoms with Crippen molar-refractivity contribution in [3.63, 3.8) is 0 Å². The lowest BCUT2D eigenvalue weighted by atomic mass is 10.3. The van der Waals surface area contributed by atoms with Gasteiger partial charge in [-0.15, -0.1) is 16.4 Å². The molecule has 100 valence electrons. The molecular weight excluding hydrogens is 296 g/mol. The minimum Gasteiger partial charge on any atom is -0.263 e. The van der Waals surface area contributed by atoms with E-state index in [1.54, 1.807) is 26.9 Å². The Morgan fingerprint density at radius 3 is 2.90 bits per heavy atom. The predicted molar refractivity (Wildman–Crippen MR) is 78.1 cm³/mol. The number of rotatable bonds is 1. The topological polar surface area (TPSA) is 60.9 Å². The Balaban J connectivity index is 2.05. The van der Waals surface area contributed by atoms with Gasteiger partial charge in [-0.2, -0.15) is 5.10 Å². The Morgan fingerprint density at radius 1 is 1.30 bits per heavy atom. The molecule has 8 heteroatoms. The van der Waals surface area contributed by atoms with Crippen LogP contribution in [-0.4, -0.2) is 29.4 Å². The Labute approximate surface area is 122 Å². The molecule has 0 unspecified atom stereocenters. The van der Waals surface area contributed by atoms with Crippen LogP contribution >= 0.6 is 22.9 Å². The Kier molecular flexibility index (Phi) is 2.36. The third kappa shape index (κ3) is 1.50. The lowest BCUT2D eigenvalue weighted by Crippen LogP contribution is -1.95. The minimum atomic E-state index is 0.554. The number of aryl methyl sites for hydroxylation is 2. The van der Waals surface area contributed by atoms with Gasteiger partial charge < -0.3 is 0 Å². The fourth-order valence-electron chi connectivity index (χ4n) is 2.24. The second-order valence-corrected chi connectivity index (χ2v) is 5.73. The van der Waals surface area contributed by atoms with Gasteiger partial charge in [-0.25, -0.2) is 14.5 Å². The second kappa shape index (κ2) is 4.00. The van der Waals surface area contributed by atoms with Gasteiger partial charge >= 0.3 is 0 Å². The van der Waals surface area contributed by atoms with Gasteiger partial charge in [-0.3, -0.25) is 4.68 Å². The first-order valence-electron chi connectivity index (χ1n) is 5.93. The summed E-state index contributed by atoms with van der Waals surface area (Å²) in [6.45, 7) is 1.86. The summed E-state index contributed by atoms with van der Waals surface area (Å²) in [5.74, 6) is 0.554. The summed E-state index contributed by atoms with van der Waals surface area (Å²) in [7, 11) is 1.83. The largest absolute Gasteiger partial charge is 0.263 e. The average molecular weight is 305 g/mol. The molecule has 0 aromatic carbocycles. The van der Waals surface area contributed by atoms with Gasteiger partial charge in [0.2, 0.25) is 5.82 Å². The minimum absolute atomic E-state index is 0.554. The standard InChI is InChI=1S/C12H9ClN6S/c1-6-8(13)9(18(2)16-6)10-15-11-7-3-4-20-12(7)14-5-19(11)17-10/h3-5H,1-2H3. The molecule has 4 heterocycles. The Bertz CT molecular complexity index is 950. The first-order chi connectivity index (χ1) is 9.65. The molecule has 0 spiro atoms. The van der Waals surface area contributed by atoms with Crippen molar-refractivity contribution in [1.82, 2.24) is 29.4 Å². The molecule has 0 saturated carbocycles. The highest BCUT2D eigenvalue weighted by Gasteiger charge is 2.18. The zero-order chi connectivity index (χ0) is 13.9. The zero-order valence-corrected chi connectivity index (χ0v) is 12.3. The maximum absolute atomic E-state index is 6.29. The molecule has 0 atom stereocenters. The van der Waals surface area contributed by atoms with E-state index in [1.807, 2.05) is 25.4 Å². The molecule has 0 amide bonds. The zero-order valence-electron chi connectivity index (χ0n) is 10.7. The fraction of sp³-hybridized carbons (Fsp3) is 0.167. The maximum atomic E-state index is 6.29. The van der Waals surface area contributed by atoms with E-state index >= 15 is 0 Å². The quantitative estimate of drug-likeness (QED) is 0.542. The number of halogens is 1. The monoisotopic (exact) mass is 304 g/mol. The van der Waals surface area contributed by atoms with E-state index in [1.165, 1.54) is 0 Å². The maximum Gasteiger partial charge on any atom is 0.202 e. The average Bonchev–Trinajstić information content (AvgIpc) is 3.07. The fourth-order valence-corrected chi connectivity index (χ4v) is 3.21. The van der Waals surface area contributed by atoms with Gasteiger partial charge in [0.1, 0.15) is 16.9 Å². The second-order valence-electron chi connectivity index (χ2n) is 4.46. The number of hydrogen-bond acceptors (Lipinski definition) is 5. The summed E-state index contributed by atoms with van der Waals surface area (Å²) in [4.78, 5) is 9.89. The number of hydrogen-bond donors (Lipinski definition) is 0. The molecule has 4 aromatic heterocycles. The van der Waals surface area contributed by atoms with E-state index in [9.17, 15) is 0 Å². The van der Waals surface area contributed by atoms with E-state index < -0.39 is 0 Å². The third-order valence-electron chi connectivity index (χ3n) is 3.16.